The predicted octanol–water partition coefficient (Wildman–Crippen LogP) is 4.96. The molecular weight excluding hydrogens is 400 g/mol. The molecule has 0 fully saturated rings. The van der Waals surface area contributed by atoms with Crippen LogP contribution in [0.2, 0.25) is 0 Å². The molecule has 4 rings (SSSR count). The van der Waals surface area contributed by atoms with Crippen molar-refractivity contribution >= 4 is 0 Å². The molecule has 0 unspecified atom stereocenters. The SMILES string of the molecule is O.Oc1ccc(Oc2ccc(O)cc2)cc1.Oc1ccc(Oc2ccc(O)cc2)cc1. The van der Waals surface area contributed by atoms with Gasteiger partial charge in [-0.2, -0.15) is 0 Å². The van der Waals surface area contributed by atoms with E-state index in [1.54, 1.807) is 97.1 Å². The van der Waals surface area contributed by atoms with Gasteiger partial charge in [0.25, 0.3) is 0 Å². The van der Waals surface area contributed by atoms with Gasteiger partial charge in [-0.1, -0.05) is 0 Å². The summed E-state index contributed by atoms with van der Waals surface area (Å²) in [5.74, 6) is 3.36. The first-order valence-electron chi connectivity index (χ1n) is 9.00. The first-order chi connectivity index (χ1) is 14.5. The zero-order valence-corrected chi connectivity index (χ0v) is 16.3. The van der Waals surface area contributed by atoms with Gasteiger partial charge in [-0.25, -0.2) is 0 Å². The van der Waals surface area contributed by atoms with Crippen molar-refractivity contribution in [2.45, 2.75) is 0 Å². The van der Waals surface area contributed by atoms with Crippen LogP contribution in [0.4, 0.5) is 0 Å². The quantitative estimate of drug-likeness (QED) is 0.368. The van der Waals surface area contributed by atoms with Crippen LogP contribution in [-0.2, 0) is 0 Å². The Balaban J connectivity index is 0.000000213. The maximum Gasteiger partial charge on any atom is 0.127 e. The van der Waals surface area contributed by atoms with Crippen molar-refractivity contribution in [3.8, 4) is 46.0 Å². The largest absolute Gasteiger partial charge is 0.508 e. The highest BCUT2D eigenvalue weighted by atomic mass is 16.5. The Bertz CT molecular complexity index is 867. The van der Waals surface area contributed by atoms with E-state index in [1.165, 1.54) is 0 Å². The maximum atomic E-state index is 9.07. The highest BCUT2D eigenvalue weighted by molar-refractivity contribution is 5.38. The summed E-state index contributed by atoms with van der Waals surface area (Å²) in [4.78, 5) is 0. The highest BCUT2D eigenvalue weighted by Crippen LogP contribution is 2.25. The summed E-state index contributed by atoms with van der Waals surface area (Å²) in [5.41, 5.74) is 0. The van der Waals surface area contributed by atoms with E-state index in [1.807, 2.05) is 0 Å². The van der Waals surface area contributed by atoms with Crippen LogP contribution in [0.3, 0.4) is 0 Å². The zero-order valence-electron chi connectivity index (χ0n) is 16.3. The van der Waals surface area contributed by atoms with E-state index in [9.17, 15) is 0 Å². The van der Waals surface area contributed by atoms with Gasteiger partial charge >= 0.3 is 0 Å². The zero-order chi connectivity index (χ0) is 21.3. The van der Waals surface area contributed by atoms with Crippen molar-refractivity contribution in [1.29, 1.82) is 0 Å². The number of benzene rings is 4. The number of aromatic hydroxyl groups is 4. The molecule has 0 radical (unpaired) electrons. The van der Waals surface area contributed by atoms with E-state index >= 15 is 0 Å². The molecule has 160 valence electrons. The summed E-state index contributed by atoms with van der Waals surface area (Å²) >= 11 is 0. The molecule has 0 atom stereocenters. The van der Waals surface area contributed by atoms with Gasteiger partial charge in [0.2, 0.25) is 0 Å². The third-order valence-electron chi connectivity index (χ3n) is 3.82. The molecule has 7 nitrogen and oxygen atoms in total. The molecule has 0 aromatic heterocycles. The Morgan fingerprint density at radius 3 is 0.645 bits per heavy atom. The Hall–Kier alpha value is -4.36. The minimum atomic E-state index is 0. The second-order valence-electron chi connectivity index (χ2n) is 6.18. The van der Waals surface area contributed by atoms with Gasteiger partial charge in [-0.05, 0) is 97.1 Å². The molecule has 0 aliphatic heterocycles. The van der Waals surface area contributed by atoms with E-state index in [2.05, 4.69) is 0 Å². The van der Waals surface area contributed by atoms with Crippen molar-refractivity contribution in [3.63, 3.8) is 0 Å². The van der Waals surface area contributed by atoms with Crippen molar-refractivity contribution in [2.75, 3.05) is 0 Å². The smallest absolute Gasteiger partial charge is 0.127 e. The van der Waals surface area contributed by atoms with E-state index in [-0.39, 0.29) is 28.5 Å². The molecule has 0 saturated heterocycles. The topological polar surface area (TPSA) is 131 Å². The lowest BCUT2D eigenvalue weighted by atomic mass is 10.3. The fourth-order valence-electron chi connectivity index (χ4n) is 2.33. The maximum absolute atomic E-state index is 9.07. The summed E-state index contributed by atoms with van der Waals surface area (Å²) < 4.78 is 10.9. The summed E-state index contributed by atoms with van der Waals surface area (Å²) in [6.07, 6.45) is 0. The van der Waals surface area contributed by atoms with Crippen molar-refractivity contribution in [3.05, 3.63) is 97.1 Å². The van der Waals surface area contributed by atoms with Crippen LogP contribution in [-0.4, -0.2) is 25.9 Å². The van der Waals surface area contributed by atoms with Crippen LogP contribution >= 0.6 is 0 Å². The van der Waals surface area contributed by atoms with E-state index < -0.39 is 0 Å². The Labute approximate surface area is 178 Å². The van der Waals surface area contributed by atoms with Crippen LogP contribution in [0.5, 0.6) is 46.0 Å². The standard InChI is InChI=1S/2C12H10O3.H2O/c2*13-9-1-5-11(6-2-9)15-12-7-3-10(14)4-8-12;/h2*1-8,13-14H;1H2. The second kappa shape index (κ2) is 11.0. The van der Waals surface area contributed by atoms with E-state index in [0.29, 0.717) is 23.0 Å². The van der Waals surface area contributed by atoms with Gasteiger partial charge in [0.15, 0.2) is 0 Å². The number of ether oxygens (including phenoxy) is 2. The molecule has 0 bridgehead atoms. The number of rotatable bonds is 4. The molecule has 0 heterocycles. The molecule has 4 aromatic rings. The van der Waals surface area contributed by atoms with E-state index in [4.69, 9.17) is 29.9 Å². The number of hydrogen-bond acceptors (Lipinski definition) is 6. The lowest BCUT2D eigenvalue weighted by Gasteiger charge is -2.05. The van der Waals surface area contributed by atoms with Gasteiger partial charge in [-0.15, -0.1) is 0 Å². The van der Waals surface area contributed by atoms with Gasteiger partial charge in [-0.3, -0.25) is 0 Å². The molecule has 31 heavy (non-hydrogen) atoms. The normalized spacial score (nSPS) is 9.55. The van der Waals surface area contributed by atoms with Gasteiger partial charge in [0.05, 0.1) is 0 Å². The van der Waals surface area contributed by atoms with Crippen LogP contribution in [0.25, 0.3) is 0 Å². The fourth-order valence-corrected chi connectivity index (χ4v) is 2.33. The minimum absolute atomic E-state index is 0. The summed E-state index contributed by atoms with van der Waals surface area (Å²) in [5, 5.41) is 36.3. The average molecular weight is 422 g/mol. The Morgan fingerprint density at radius 2 is 0.484 bits per heavy atom. The van der Waals surface area contributed by atoms with Crippen LogP contribution < -0.4 is 9.47 Å². The molecular formula is C24H22O7. The van der Waals surface area contributed by atoms with Crippen LogP contribution in [0.1, 0.15) is 0 Å². The third kappa shape index (κ3) is 7.52. The minimum Gasteiger partial charge on any atom is -0.508 e. The van der Waals surface area contributed by atoms with Crippen LogP contribution in [0.15, 0.2) is 97.1 Å². The highest BCUT2D eigenvalue weighted by Gasteiger charge is 1.98. The Morgan fingerprint density at radius 1 is 0.323 bits per heavy atom. The number of hydrogen-bond donors (Lipinski definition) is 4. The molecule has 0 aliphatic carbocycles. The molecule has 0 saturated carbocycles. The number of phenolic OH excluding ortho intramolecular Hbond substituents is 4. The second-order valence-corrected chi connectivity index (χ2v) is 6.18. The van der Waals surface area contributed by atoms with Gasteiger partial charge in [0.1, 0.15) is 46.0 Å². The lowest BCUT2D eigenvalue weighted by molar-refractivity contribution is 0.459. The monoisotopic (exact) mass is 422 g/mol. The molecule has 0 spiro atoms. The lowest BCUT2D eigenvalue weighted by Crippen LogP contribution is -1.82. The van der Waals surface area contributed by atoms with E-state index in [0.717, 1.165) is 0 Å². The molecule has 6 N–H and O–H groups in total. The summed E-state index contributed by atoms with van der Waals surface area (Å²) in [6, 6.07) is 25.8. The molecule has 0 aliphatic rings. The first-order valence-corrected chi connectivity index (χ1v) is 9.00. The summed E-state index contributed by atoms with van der Waals surface area (Å²) in [7, 11) is 0. The predicted molar refractivity (Wildman–Crippen MR) is 116 cm³/mol. The van der Waals surface area contributed by atoms with Crippen LogP contribution in [0, 0.1) is 0 Å². The molecule has 7 heteroatoms. The molecule has 4 aromatic carbocycles. The Kier molecular flexibility index (Phi) is 8.13. The first kappa shape index (κ1) is 22.9. The molecule has 0 amide bonds. The van der Waals surface area contributed by atoms with Gasteiger partial charge < -0.3 is 35.4 Å². The van der Waals surface area contributed by atoms with Gasteiger partial charge in [0, 0.05) is 0 Å². The van der Waals surface area contributed by atoms with Crippen molar-refractivity contribution in [1.82, 2.24) is 0 Å². The fraction of sp³-hybridized carbons (Fsp3) is 0. The summed E-state index contributed by atoms with van der Waals surface area (Å²) in [6.45, 7) is 0. The number of phenols is 4. The average Bonchev–Trinajstić information content (AvgIpc) is 2.75. The van der Waals surface area contributed by atoms with Crippen molar-refractivity contribution < 1.29 is 35.4 Å². The third-order valence-corrected chi connectivity index (χ3v) is 3.82. The van der Waals surface area contributed by atoms with Crippen molar-refractivity contribution in [2.24, 2.45) is 0 Å².